The number of amides is 1. The fraction of sp³-hybridized carbons (Fsp3) is 0.0952. The fourth-order valence-corrected chi connectivity index (χ4v) is 3.65. The van der Waals surface area contributed by atoms with Crippen molar-refractivity contribution in [3.8, 4) is 17.0 Å². The average molecular weight is 477 g/mol. The highest BCUT2D eigenvalue weighted by atomic mass is 35.5. The molecule has 2 aromatic carbocycles. The van der Waals surface area contributed by atoms with E-state index in [2.05, 4.69) is 20.6 Å². The van der Waals surface area contributed by atoms with Crippen LogP contribution in [-0.2, 0) is 6.54 Å². The van der Waals surface area contributed by atoms with E-state index in [9.17, 15) is 4.79 Å². The van der Waals surface area contributed by atoms with Gasteiger partial charge in [-0.25, -0.2) is 0 Å². The van der Waals surface area contributed by atoms with E-state index in [1.807, 2.05) is 24.3 Å². The van der Waals surface area contributed by atoms with Crippen LogP contribution in [0.5, 0.6) is 5.75 Å². The Labute approximate surface area is 192 Å². The first-order valence-electron chi connectivity index (χ1n) is 9.11. The number of methoxy groups -OCH3 is 1. The molecule has 10 heteroatoms. The monoisotopic (exact) mass is 475 g/mol. The number of anilines is 1. The smallest absolute Gasteiger partial charge is 0.274 e. The van der Waals surface area contributed by atoms with Gasteiger partial charge in [-0.05, 0) is 42.5 Å². The summed E-state index contributed by atoms with van der Waals surface area (Å²) in [6, 6.07) is 14.3. The van der Waals surface area contributed by atoms with Crippen LogP contribution in [0.3, 0.4) is 0 Å². The molecule has 158 valence electrons. The molecule has 0 atom stereocenters. The quantitative estimate of drug-likeness (QED) is 0.382. The molecule has 0 aliphatic carbocycles. The Hall–Kier alpha value is -3.00. The van der Waals surface area contributed by atoms with E-state index in [-0.39, 0.29) is 16.5 Å². The topological polar surface area (TPSA) is 84.8 Å². The Balaban J connectivity index is 1.48. The van der Waals surface area contributed by atoms with E-state index in [1.165, 1.54) is 0 Å². The average Bonchev–Trinajstić information content (AvgIpc) is 3.38. The minimum atomic E-state index is -0.421. The van der Waals surface area contributed by atoms with Gasteiger partial charge in [0.15, 0.2) is 5.82 Å². The summed E-state index contributed by atoms with van der Waals surface area (Å²) in [5.41, 5.74) is 2.44. The summed E-state index contributed by atoms with van der Waals surface area (Å²) in [6.07, 6.45) is 1.59. The Morgan fingerprint density at radius 1 is 1.10 bits per heavy atom. The van der Waals surface area contributed by atoms with E-state index in [0.717, 1.165) is 11.3 Å². The van der Waals surface area contributed by atoms with Gasteiger partial charge in [0.25, 0.3) is 5.91 Å². The van der Waals surface area contributed by atoms with E-state index >= 15 is 0 Å². The number of nitrogens with one attached hydrogen (secondary N) is 2. The van der Waals surface area contributed by atoms with E-state index < -0.39 is 5.91 Å². The summed E-state index contributed by atoms with van der Waals surface area (Å²) < 4.78 is 6.71. The van der Waals surface area contributed by atoms with Crippen LogP contribution < -0.4 is 10.1 Å². The second kappa shape index (κ2) is 9.01. The van der Waals surface area contributed by atoms with Crippen LogP contribution >= 0.6 is 34.8 Å². The maximum atomic E-state index is 12.6. The summed E-state index contributed by atoms with van der Waals surface area (Å²) in [6.45, 7) is 0.305. The number of benzene rings is 2. The number of rotatable bonds is 6. The molecular formula is C21H16Cl3N5O2. The first-order chi connectivity index (χ1) is 14.9. The van der Waals surface area contributed by atoms with Crippen molar-refractivity contribution < 1.29 is 9.53 Å². The third-order valence-corrected chi connectivity index (χ3v) is 5.52. The molecule has 0 aliphatic heterocycles. The SMILES string of the molecule is COc1ccc(-c2cc(C(=O)Nc3nn(Cc4c(Cl)cccc4Cl)cc3Cl)[nH]n2)cc1. The highest BCUT2D eigenvalue weighted by Gasteiger charge is 2.16. The van der Waals surface area contributed by atoms with E-state index in [1.54, 1.807) is 42.3 Å². The number of hydrogen-bond donors (Lipinski definition) is 2. The van der Waals surface area contributed by atoms with Crippen LogP contribution in [0.1, 0.15) is 16.1 Å². The summed E-state index contributed by atoms with van der Waals surface area (Å²) in [5, 5.41) is 15.3. The zero-order chi connectivity index (χ0) is 22.0. The number of carbonyl (C=O) groups is 1. The Bertz CT molecular complexity index is 1210. The van der Waals surface area contributed by atoms with Crippen LogP contribution in [0, 0.1) is 0 Å². The normalized spacial score (nSPS) is 10.8. The number of hydrogen-bond acceptors (Lipinski definition) is 4. The lowest BCUT2D eigenvalue weighted by atomic mass is 10.1. The molecular weight excluding hydrogens is 461 g/mol. The molecule has 0 radical (unpaired) electrons. The molecule has 31 heavy (non-hydrogen) atoms. The number of ether oxygens (including phenoxy) is 1. The molecule has 1 amide bonds. The second-order valence-corrected chi connectivity index (χ2v) is 7.79. The van der Waals surface area contributed by atoms with Gasteiger partial charge in [0.1, 0.15) is 16.5 Å². The summed E-state index contributed by atoms with van der Waals surface area (Å²) in [7, 11) is 1.60. The number of halogens is 3. The lowest BCUT2D eigenvalue weighted by Crippen LogP contribution is -2.13. The van der Waals surface area contributed by atoms with Crippen LogP contribution in [0.25, 0.3) is 11.3 Å². The molecule has 0 spiro atoms. The van der Waals surface area contributed by atoms with Gasteiger partial charge in [-0.15, -0.1) is 0 Å². The molecule has 2 aromatic heterocycles. The van der Waals surface area contributed by atoms with Gasteiger partial charge in [0.05, 0.1) is 19.3 Å². The van der Waals surface area contributed by atoms with Crippen molar-refractivity contribution >= 4 is 46.5 Å². The maximum absolute atomic E-state index is 12.6. The van der Waals surface area contributed by atoms with Crippen molar-refractivity contribution in [2.24, 2.45) is 0 Å². The van der Waals surface area contributed by atoms with Crippen molar-refractivity contribution in [2.45, 2.75) is 6.54 Å². The molecule has 4 rings (SSSR count). The summed E-state index contributed by atoms with van der Waals surface area (Å²) in [5.74, 6) is 0.534. The zero-order valence-electron chi connectivity index (χ0n) is 16.2. The molecule has 0 saturated heterocycles. The predicted octanol–water partition coefficient (Wildman–Crippen LogP) is 5.54. The maximum Gasteiger partial charge on any atom is 0.274 e. The van der Waals surface area contributed by atoms with Gasteiger partial charge in [-0.2, -0.15) is 10.2 Å². The molecule has 4 aromatic rings. The van der Waals surface area contributed by atoms with Crippen molar-refractivity contribution in [1.82, 2.24) is 20.0 Å². The third kappa shape index (κ3) is 4.69. The first kappa shape index (κ1) is 21.2. The van der Waals surface area contributed by atoms with Crippen LogP contribution in [0.15, 0.2) is 54.7 Å². The van der Waals surface area contributed by atoms with Crippen molar-refractivity contribution in [3.63, 3.8) is 0 Å². The van der Waals surface area contributed by atoms with E-state index in [0.29, 0.717) is 27.8 Å². The lowest BCUT2D eigenvalue weighted by Gasteiger charge is -2.06. The third-order valence-electron chi connectivity index (χ3n) is 4.54. The highest BCUT2D eigenvalue weighted by molar-refractivity contribution is 6.36. The van der Waals surface area contributed by atoms with Crippen LogP contribution in [-0.4, -0.2) is 33.0 Å². The highest BCUT2D eigenvalue weighted by Crippen LogP contribution is 2.27. The van der Waals surface area contributed by atoms with Crippen LogP contribution in [0.4, 0.5) is 5.82 Å². The van der Waals surface area contributed by atoms with Gasteiger partial charge < -0.3 is 10.1 Å². The number of H-pyrrole nitrogens is 1. The van der Waals surface area contributed by atoms with E-state index in [4.69, 9.17) is 39.5 Å². The lowest BCUT2D eigenvalue weighted by molar-refractivity contribution is 0.102. The molecule has 0 fully saturated rings. The molecule has 0 unspecified atom stereocenters. The molecule has 0 aliphatic rings. The second-order valence-electron chi connectivity index (χ2n) is 6.57. The first-order valence-corrected chi connectivity index (χ1v) is 10.2. The number of carbonyl (C=O) groups excluding carboxylic acids is 1. The molecule has 0 saturated carbocycles. The number of aromatic amines is 1. The van der Waals surface area contributed by atoms with Gasteiger partial charge >= 0.3 is 0 Å². The van der Waals surface area contributed by atoms with Crippen LogP contribution in [0.2, 0.25) is 15.1 Å². The minimum Gasteiger partial charge on any atom is -0.497 e. The zero-order valence-corrected chi connectivity index (χ0v) is 18.5. The minimum absolute atomic E-state index is 0.218. The Morgan fingerprint density at radius 2 is 1.81 bits per heavy atom. The summed E-state index contributed by atoms with van der Waals surface area (Å²) in [4.78, 5) is 12.6. The fourth-order valence-electron chi connectivity index (χ4n) is 2.93. The van der Waals surface area contributed by atoms with Gasteiger partial charge in [-0.1, -0.05) is 40.9 Å². The molecule has 7 nitrogen and oxygen atoms in total. The van der Waals surface area contributed by atoms with Crippen molar-refractivity contribution in [3.05, 3.63) is 81.1 Å². The summed E-state index contributed by atoms with van der Waals surface area (Å²) >= 11 is 18.7. The molecule has 0 bridgehead atoms. The number of nitrogens with zero attached hydrogens (tertiary/aromatic N) is 3. The van der Waals surface area contributed by atoms with Crippen molar-refractivity contribution in [2.75, 3.05) is 12.4 Å². The standard InChI is InChI=1S/C21H16Cl3N5O2/c1-31-13-7-5-12(6-8-13)18-9-19(27-26-18)21(30)25-20-17(24)11-29(28-20)10-14-15(22)3-2-4-16(14)23/h2-9,11H,10H2,1H3,(H,26,27)(H,25,28,30). The Kier molecular flexibility index (Phi) is 6.18. The number of aromatic nitrogens is 4. The van der Waals surface area contributed by atoms with Gasteiger partial charge in [-0.3, -0.25) is 14.6 Å². The van der Waals surface area contributed by atoms with Crippen molar-refractivity contribution in [1.29, 1.82) is 0 Å². The van der Waals surface area contributed by atoms with Gasteiger partial charge in [0, 0.05) is 27.4 Å². The largest absolute Gasteiger partial charge is 0.497 e. The molecule has 2 heterocycles. The van der Waals surface area contributed by atoms with Gasteiger partial charge in [0.2, 0.25) is 0 Å². The predicted molar refractivity (Wildman–Crippen MR) is 121 cm³/mol. The molecule has 2 N–H and O–H groups in total. The Morgan fingerprint density at radius 3 is 2.48 bits per heavy atom.